The van der Waals surface area contributed by atoms with Gasteiger partial charge in [0.05, 0.1) is 6.04 Å². The predicted molar refractivity (Wildman–Crippen MR) is 82.5 cm³/mol. The molecule has 2 N–H and O–H groups in total. The zero-order chi connectivity index (χ0) is 13.5. The Kier molecular flexibility index (Phi) is 5.73. The molecule has 1 fully saturated rings. The molecule has 1 heterocycles. The normalized spacial score (nSPS) is 18.5. The topological polar surface area (TPSA) is 41.1 Å². The summed E-state index contributed by atoms with van der Waals surface area (Å²) in [7, 11) is 0. The van der Waals surface area contributed by atoms with Crippen LogP contribution in [0, 0.1) is 0 Å². The molecule has 0 aromatic heterocycles. The number of nitrogens with one attached hydrogen (secondary N) is 2. The second-order valence-electron chi connectivity index (χ2n) is 4.92. The van der Waals surface area contributed by atoms with Gasteiger partial charge in [0.25, 0.3) is 0 Å². The number of rotatable bonds is 6. The highest BCUT2D eigenvalue weighted by Gasteiger charge is 2.22. The minimum atomic E-state index is -0.0470. The van der Waals surface area contributed by atoms with Gasteiger partial charge in [-0.15, -0.1) is 11.8 Å². The highest BCUT2D eigenvalue weighted by atomic mass is 32.2. The molecule has 2 rings (SSSR count). The molecule has 1 aromatic carbocycles. The molecule has 19 heavy (non-hydrogen) atoms. The zero-order valence-corrected chi connectivity index (χ0v) is 12.3. The van der Waals surface area contributed by atoms with Crippen molar-refractivity contribution in [3.8, 4) is 0 Å². The Bertz CT molecular complexity index is 399. The zero-order valence-electron chi connectivity index (χ0n) is 11.4. The Hall–Kier alpha value is -1.00. The number of unbranched alkanes of at least 4 members (excludes halogenated alkanes) is 2. The number of thioether (sulfide) groups is 1. The molecule has 1 aliphatic heterocycles. The van der Waals surface area contributed by atoms with Gasteiger partial charge >= 0.3 is 0 Å². The van der Waals surface area contributed by atoms with Crippen LogP contribution in [0.2, 0.25) is 0 Å². The molecule has 0 saturated carbocycles. The van der Waals surface area contributed by atoms with Gasteiger partial charge in [-0.25, -0.2) is 0 Å². The molecule has 1 atom stereocenters. The van der Waals surface area contributed by atoms with Gasteiger partial charge in [-0.05, 0) is 30.5 Å². The lowest BCUT2D eigenvalue weighted by atomic mass is 10.1. The highest BCUT2D eigenvalue weighted by molar-refractivity contribution is 7.99. The Morgan fingerprint density at radius 3 is 2.79 bits per heavy atom. The van der Waals surface area contributed by atoms with E-state index in [1.165, 1.54) is 24.8 Å². The van der Waals surface area contributed by atoms with Gasteiger partial charge in [0, 0.05) is 17.3 Å². The molecule has 0 unspecified atom stereocenters. The summed E-state index contributed by atoms with van der Waals surface area (Å²) in [4.78, 5) is 11.9. The summed E-state index contributed by atoms with van der Waals surface area (Å²) in [5, 5.41) is 6.14. The number of anilines is 1. The van der Waals surface area contributed by atoms with Gasteiger partial charge in [0.1, 0.15) is 0 Å². The van der Waals surface area contributed by atoms with Crippen LogP contribution in [0.4, 0.5) is 5.69 Å². The van der Waals surface area contributed by atoms with E-state index in [1.807, 2.05) is 12.1 Å². The monoisotopic (exact) mass is 278 g/mol. The van der Waals surface area contributed by atoms with Crippen molar-refractivity contribution in [2.45, 2.75) is 38.6 Å². The van der Waals surface area contributed by atoms with Crippen molar-refractivity contribution in [3.05, 3.63) is 29.8 Å². The molecule has 3 nitrogen and oxygen atoms in total. The largest absolute Gasteiger partial charge is 0.325 e. The van der Waals surface area contributed by atoms with Gasteiger partial charge in [-0.3, -0.25) is 10.1 Å². The standard InChI is InChI=1S/C15H22N2OS/c1-2-3-4-5-12-6-8-13(9-7-12)17-15(18)14-10-19-11-16-14/h6-9,14,16H,2-5,10-11H2,1H3,(H,17,18)/t14-/m0/s1. The number of hydrogen-bond donors (Lipinski definition) is 2. The van der Waals surface area contributed by atoms with E-state index in [0.717, 1.165) is 23.7 Å². The van der Waals surface area contributed by atoms with Gasteiger partial charge in [0.2, 0.25) is 5.91 Å². The summed E-state index contributed by atoms with van der Waals surface area (Å²) in [5.74, 6) is 1.80. The second-order valence-corrected chi connectivity index (χ2v) is 5.95. The minimum absolute atomic E-state index is 0.0470. The van der Waals surface area contributed by atoms with E-state index in [-0.39, 0.29) is 11.9 Å². The predicted octanol–water partition coefficient (Wildman–Crippen LogP) is 3.02. The van der Waals surface area contributed by atoms with Crippen molar-refractivity contribution in [1.82, 2.24) is 5.32 Å². The molecule has 1 saturated heterocycles. The summed E-state index contributed by atoms with van der Waals surface area (Å²) in [5.41, 5.74) is 2.24. The summed E-state index contributed by atoms with van der Waals surface area (Å²) < 4.78 is 0. The fourth-order valence-corrected chi connectivity index (χ4v) is 3.07. The summed E-state index contributed by atoms with van der Waals surface area (Å²) in [6.45, 7) is 2.22. The van der Waals surface area contributed by atoms with Crippen LogP contribution in [0.15, 0.2) is 24.3 Å². The lowest BCUT2D eigenvalue weighted by Gasteiger charge is -2.11. The van der Waals surface area contributed by atoms with Crippen LogP contribution in [-0.2, 0) is 11.2 Å². The first-order chi connectivity index (χ1) is 9.29. The molecule has 4 heteroatoms. The molecule has 0 aliphatic carbocycles. The maximum absolute atomic E-state index is 11.9. The van der Waals surface area contributed by atoms with Crippen molar-refractivity contribution in [1.29, 1.82) is 0 Å². The first-order valence-corrected chi connectivity index (χ1v) is 8.16. The molecular formula is C15H22N2OS. The Morgan fingerprint density at radius 1 is 1.37 bits per heavy atom. The van der Waals surface area contributed by atoms with Crippen LogP contribution in [0.3, 0.4) is 0 Å². The van der Waals surface area contributed by atoms with E-state index in [4.69, 9.17) is 0 Å². The van der Waals surface area contributed by atoms with E-state index < -0.39 is 0 Å². The molecule has 104 valence electrons. The maximum atomic E-state index is 11.9. The van der Waals surface area contributed by atoms with Gasteiger partial charge < -0.3 is 5.32 Å². The van der Waals surface area contributed by atoms with Crippen LogP contribution < -0.4 is 10.6 Å². The molecular weight excluding hydrogens is 256 g/mol. The van der Waals surface area contributed by atoms with E-state index >= 15 is 0 Å². The van der Waals surface area contributed by atoms with E-state index in [0.29, 0.717) is 0 Å². The number of aryl methyl sites for hydroxylation is 1. The van der Waals surface area contributed by atoms with E-state index in [2.05, 4.69) is 29.7 Å². The third-order valence-electron chi connectivity index (χ3n) is 3.32. The van der Waals surface area contributed by atoms with E-state index in [9.17, 15) is 4.79 Å². The fraction of sp³-hybridized carbons (Fsp3) is 0.533. The number of hydrogen-bond acceptors (Lipinski definition) is 3. The lowest BCUT2D eigenvalue weighted by Crippen LogP contribution is -2.37. The average Bonchev–Trinajstić information content (AvgIpc) is 2.95. The Morgan fingerprint density at radius 2 is 2.16 bits per heavy atom. The van der Waals surface area contributed by atoms with Crippen molar-refractivity contribution >= 4 is 23.4 Å². The summed E-state index contributed by atoms with van der Waals surface area (Å²) in [6.07, 6.45) is 4.90. The van der Waals surface area contributed by atoms with Crippen LogP contribution in [0.5, 0.6) is 0 Å². The van der Waals surface area contributed by atoms with Crippen LogP contribution in [-0.4, -0.2) is 23.6 Å². The molecule has 1 aromatic rings. The maximum Gasteiger partial charge on any atom is 0.242 e. The summed E-state index contributed by atoms with van der Waals surface area (Å²) >= 11 is 1.76. The SMILES string of the molecule is CCCCCc1ccc(NC(=O)[C@@H]2CSCN2)cc1. The van der Waals surface area contributed by atoms with Crippen LogP contribution >= 0.6 is 11.8 Å². The van der Waals surface area contributed by atoms with Gasteiger partial charge in [-0.1, -0.05) is 31.9 Å². The Labute approximate surface area is 119 Å². The first kappa shape index (κ1) is 14.4. The fourth-order valence-electron chi connectivity index (χ4n) is 2.13. The van der Waals surface area contributed by atoms with Crippen LogP contribution in [0.25, 0.3) is 0 Å². The van der Waals surface area contributed by atoms with Crippen molar-refractivity contribution in [2.75, 3.05) is 16.9 Å². The average molecular weight is 278 g/mol. The van der Waals surface area contributed by atoms with Gasteiger partial charge in [-0.2, -0.15) is 0 Å². The molecule has 0 spiro atoms. The number of carbonyl (C=O) groups is 1. The molecule has 0 radical (unpaired) electrons. The van der Waals surface area contributed by atoms with Gasteiger partial charge in [0.15, 0.2) is 0 Å². The quantitative estimate of drug-likeness (QED) is 0.786. The third kappa shape index (κ3) is 4.55. The number of benzene rings is 1. The first-order valence-electron chi connectivity index (χ1n) is 7.00. The van der Waals surface area contributed by atoms with E-state index in [1.54, 1.807) is 11.8 Å². The molecule has 1 amide bonds. The third-order valence-corrected chi connectivity index (χ3v) is 4.26. The second kappa shape index (κ2) is 7.56. The minimum Gasteiger partial charge on any atom is -0.325 e. The van der Waals surface area contributed by atoms with Crippen molar-refractivity contribution < 1.29 is 4.79 Å². The van der Waals surface area contributed by atoms with Crippen molar-refractivity contribution in [3.63, 3.8) is 0 Å². The number of amides is 1. The lowest BCUT2D eigenvalue weighted by molar-refractivity contribution is -0.117. The van der Waals surface area contributed by atoms with Crippen LogP contribution in [0.1, 0.15) is 31.7 Å². The number of carbonyl (C=O) groups excluding carboxylic acids is 1. The highest BCUT2D eigenvalue weighted by Crippen LogP contribution is 2.15. The summed E-state index contributed by atoms with van der Waals surface area (Å²) in [6, 6.07) is 8.18. The van der Waals surface area contributed by atoms with Crippen molar-refractivity contribution in [2.24, 2.45) is 0 Å². The molecule has 0 bridgehead atoms. The smallest absolute Gasteiger partial charge is 0.242 e. The Balaban J connectivity index is 1.82. The molecule has 1 aliphatic rings.